The van der Waals surface area contributed by atoms with Crippen LogP contribution in [0.4, 0.5) is 0 Å². The number of nitrogens with zero attached hydrogens (tertiary/aromatic N) is 1. The number of hydrogen-bond acceptors (Lipinski definition) is 4. The second kappa shape index (κ2) is 3.10. The predicted octanol–water partition coefficient (Wildman–Crippen LogP) is 2.08. The van der Waals surface area contributed by atoms with Gasteiger partial charge in [0.25, 0.3) is 0 Å². The zero-order valence-electron chi connectivity index (χ0n) is 8.48. The molecule has 0 bridgehead atoms. The van der Waals surface area contributed by atoms with Gasteiger partial charge in [-0.3, -0.25) is 4.98 Å². The lowest BCUT2D eigenvalue weighted by Crippen LogP contribution is -1.92. The van der Waals surface area contributed by atoms with Crippen LogP contribution in [-0.4, -0.2) is 10.1 Å². The summed E-state index contributed by atoms with van der Waals surface area (Å²) >= 11 is 0. The fraction of sp³-hybridized carbons (Fsp3) is 0.0909. The van der Waals surface area contributed by atoms with Crippen LogP contribution in [-0.2, 0) is 0 Å². The molecular weight excluding hydrogens is 208 g/mol. The minimum absolute atomic E-state index is 0.457. The van der Waals surface area contributed by atoms with Gasteiger partial charge in [-0.2, -0.15) is 0 Å². The maximum Gasteiger partial charge on any atom is 0.417 e. The first-order valence-corrected chi connectivity index (χ1v) is 4.79. The molecule has 0 fully saturated rings. The van der Waals surface area contributed by atoms with Gasteiger partial charge in [0.15, 0.2) is 11.3 Å². The number of aromatic nitrogens is 2. The molecular formula is C11H8N2O3. The second-order valence-corrected chi connectivity index (χ2v) is 3.56. The van der Waals surface area contributed by atoms with Crippen LogP contribution in [0.5, 0.6) is 0 Å². The highest BCUT2D eigenvalue weighted by Gasteiger charge is 2.07. The summed E-state index contributed by atoms with van der Waals surface area (Å²) in [6.07, 6.45) is 0. The fourth-order valence-electron chi connectivity index (χ4n) is 1.60. The Morgan fingerprint density at radius 3 is 2.94 bits per heavy atom. The first-order valence-electron chi connectivity index (χ1n) is 4.79. The predicted molar refractivity (Wildman–Crippen MR) is 57.1 cm³/mol. The lowest BCUT2D eigenvalue weighted by molar-refractivity contribution is 0.427. The molecule has 2 heterocycles. The van der Waals surface area contributed by atoms with Gasteiger partial charge in [0, 0.05) is 11.6 Å². The van der Waals surface area contributed by atoms with Crippen LogP contribution in [0.3, 0.4) is 0 Å². The fourth-order valence-corrected chi connectivity index (χ4v) is 1.60. The molecule has 1 aromatic carbocycles. The molecule has 0 amide bonds. The van der Waals surface area contributed by atoms with Gasteiger partial charge < -0.3 is 8.94 Å². The van der Waals surface area contributed by atoms with Gasteiger partial charge in [0.1, 0.15) is 0 Å². The van der Waals surface area contributed by atoms with Crippen LogP contribution >= 0.6 is 0 Å². The Balaban J connectivity index is 2.21. The van der Waals surface area contributed by atoms with Crippen molar-refractivity contribution in [1.82, 2.24) is 10.1 Å². The summed E-state index contributed by atoms with van der Waals surface area (Å²) in [7, 11) is 0. The smallest absolute Gasteiger partial charge is 0.408 e. The van der Waals surface area contributed by atoms with Crippen molar-refractivity contribution in [3.63, 3.8) is 0 Å². The van der Waals surface area contributed by atoms with E-state index >= 15 is 0 Å². The maximum absolute atomic E-state index is 11.0. The molecule has 0 radical (unpaired) electrons. The van der Waals surface area contributed by atoms with E-state index < -0.39 is 5.76 Å². The van der Waals surface area contributed by atoms with Gasteiger partial charge >= 0.3 is 5.76 Å². The highest BCUT2D eigenvalue weighted by Crippen LogP contribution is 2.23. The Morgan fingerprint density at radius 1 is 1.31 bits per heavy atom. The van der Waals surface area contributed by atoms with Crippen molar-refractivity contribution in [2.24, 2.45) is 0 Å². The third-order valence-corrected chi connectivity index (χ3v) is 2.33. The van der Waals surface area contributed by atoms with Gasteiger partial charge in [-0.15, -0.1) is 0 Å². The molecule has 80 valence electrons. The van der Waals surface area contributed by atoms with E-state index in [1.54, 1.807) is 12.1 Å². The number of H-pyrrole nitrogens is 1. The van der Waals surface area contributed by atoms with Crippen LogP contribution < -0.4 is 5.76 Å². The average Bonchev–Trinajstić information content (AvgIpc) is 2.81. The Bertz CT molecular complexity index is 705. The molecule has 16 heavy (non-hydrogen) atoms. The molecule has 0 aliphatic heterocycles. The van der Waals surface area contributed by atoms with Crippen molar-refractivity contribution in [2.75, 3.05) is 0 Å². The number of aromatic amines is 1. The molecule has 0 atom stereocenters. The lowest BCUT2D eigenvalue weighted by Gasteiger charge is -1.93. The van der Waals surface area contributed by atoms with E-state index in [4.69, 9.17) is 8.94 Å². The van der Waals surface area contributed by atoms with Crippen molar-refractivity contribution >= 4 is 11.1 Å². The van der Waals surface area contributed by atoms with Crippen LogP contribution in [0.25, 0.3) is 22.4 Å². The highest BCUT2D eigenvalue weighted by atomic mass is 16.5. The van der Waals surface area contributed by atoms with Gasteiger partial charge in [0.2, 0.25) is 0 Å². The molecule has 0 spiro atoms. The third-order valence-electron chi connectivity index (χ3n) is 2.33. The van der Waals surface area contributed by atoms with Crippen LogP contribution in [0.1, 0.15) is 5.69 Å². The summed E-state index contributed by atoms with van der Waals surface area (Å²) in [6.45, 7) is 1.85. The van der Waals surface area contributed by atoms with Gasteiger partial charge in [-0.25, -0.2) is 4.79 Å². The number of rotatable bonds is 1. The molecule has 5 heteroatoms. The molecule has 0 aliphatic rings. The zero-order valence-corrected chi connectivity index (χ0v) is 8.48. The second-order valence-electron chi connectivity index (χ2n) is 3.56. The van der Waals surface area contributed by atoms with E-state index in [0.29, 0.717) is 16.9 Å². The van der Waals surface area contributed by atoms with Gasteiger partial charge in [0.05, 0.1) is 11.2 Å². The van der Waals surface area contributed by atoms with Gasteiger partial charge in [-0.1, -0.05) is 5.16 Å². The Labute approximate surface area is 89.7 Å². The summed E-state index contributed by atoms with van der Waals surface area (Å²) in [6, 6.07) is 7.17. The summed E-state index contributed by atoms with van der Waals surface area (Å²) in [5, 5.41) is 3.81. The van der Waals surface area contributed by atoms with Crippen LogP contribution in [0.15, 0.2) is 38.0 Å². The third kappa shape index (κ3) is 1.33. The minimum Gasteiger partial charge on any atom is -0.408 e. The molecule has 3 rings (SSSR count). The number of oxazole rings is 1. The Kier molecular flexibility index (Phi) is 1.73. The Hall–Kier alpha value is -2.30. The summed E-state index contributed by atoms with van der Waals surface area (Å²) in [5.74, 6) is 0.211. The van der Waals surface area contributed by atoms with Crippen LogP contribution in [0.2, 0.25) is 0 Å². The van der Waals surface area contributed by atoms with E-state index in [9.17, 15) is 4.79 Å². The largest absolute Gasteiger partial charge is 0.417 e. The first-order chi connectivity index (χ1) is 7.72. The lowest BCUT2D eigenvalue weighted by atomic mass is 10.1. The van der Waals surface area contributed by atoms with E-state index in [-0.39, 0.29) is 0 Å². The summed E-state index contributed by atoms with van der Waals surface area (Å²) < 4.78 is 10.0. The summed E-state index contributed by atoms with van der Waals surface area (Å²) in [5.41, 5.74) is 2.85. The quantitative estimate of drug-likeness (QED) is 0.675. The molecule has 1 N–H and O–H groups in total. The molecule has 5 nitrogen and oxygen atoms in total. The van der Waals surface area contributed by atoms with E-state index in [1.807, 2.05) is 19.1 Å². The Morgan fingerprint density at radius 2 is 2.19 bits per heavy atom. The molecule has 0 aliphatic carbocycles. The van der Waals surface area contributed by atoms with Crippen molar-refractivity contribution < 1.29 is 8.94 Å². The topological polar surface area (TPSA) is 72.0 Å². The molecule has 0 saturated heterocycles. The normalized spacial score (nSPS) is 11.1. The number of fused-ring (bicyclic) bond motifs is 1. The zero-order chi connectivity index (χ0) is 11.1. The van der Waals surface area contributed by atoms with Crippen molar-refractivity contribution in [2.45, 2.75) is 6.92 Å². The molecule has 2 aromatic heterocycles. The van der Waals surface area contributed by atoms with Crippen molar-refractivity contribution in [3.8, 4) is 11.3 Å². The standard InChI is InChI=1S/C11H8N2O3/c1-6-4-10(16-13-6)7-2-3-9-8(5-7)12-11(14)15-9/h2-5H,1H3,(H,12,14). The molecule has 0 unspecified atom stereocenters. The SMILES string of the molecule is Cc1cc(-c2ccc3oc(=O)[nH]c3c2)on1. The van der Waals surface area contributed by atoms with E-state index in [0.717, 1.165) is 11.3 Å². The van der Waals surface area contributed by atoms with Crippen molar-refractivity contribution in [1.29, 1.82) is 0 Å². The first kappa shape index (κ1) is 8.96. The minimum atomic E-state index is -0.457. The number of nitrogens with one attached hydrogen (secondary N) is 1. The van der Waals surface area contributed by atoms with Crippen LogP contribution in [0, 0.1) is 6.92 Å². The van der Waals surface area contributed by atoms with Crippen molar-refractivity contribution in [3.05, 3.63) is 40.5 Å². The number of benzene rings is 1. The summed E-state index contributed by atoms with van der Waals surface area (Å²) in [4.78, 5) is 13.6. The average molecular weight is 216 g/mol. The number of hydrogen-bond donors (Lipinski definition) is 1. The van der Waals surface area contributed by atoms with E-state index in [2.05, 4.69) is 10.1 Å². The molecule has 0 saturated carbocycles. The highest BCUT2D eigenvalue weighted by molar-refractivity contribution is 5.78. The van der Waals surface area contributed by atoms with Gasteiger partial charge in [-0.05, 0) is 25.1 Å². The molecule has 3 aromatic rings. The monoisotopic (exact) mass is 216 g/mol. The maximum atomic E-state index is 11.0. The van der Waals surface area contributed by atoms with E-state index in [1.165, 1.54) is 0 Å². The number of aryl methyl sites for hydroxylation is 1.